The van der Waals surface area contributed by atoms with Gasteiger partial charge < -0.3 is 20.6 Å². The predicted molar refractivity (Wildman–Crippen MR) is 118 cm³/mol. The van der Waals surface area contributed by atoms with Gasteiger partial charge in [0.1, 0.15) is 5.75 Å². The fourth-order valence-corrected chi connectivity index (χ4v) is 3.33. The average molecular weight is 391 g/mol. The zero-order valence-corrected chi connectivity index (χ0v) is 16.8. The number of rotatable bonds is 5. The van der Waals surface area contributed by atoms with E-state index in [1.54, 1.807) is 36.4 Å². The third-order valence-electron chi connectivity index (χ3n) is 4.94. The minimum Gasteiger partial charge on any atom is -0.507 e. The van der Waals surface area contributed by atoms with Gasteiger partial charge in [-0.3, -0.25) is 9.59 Å². The SMILES string of the molecule is CCN(CC)c1ccc(NC(=O)C(=O)Nc2cccc3c(O)cccc23)c(C)c1. The first-order chi connectivity index (χ1) is 13.9. The van der Waals surface area contributed by atoms with Crippen LogP contribution in [0.2, 0.25) is 0 Å². The molecule has 0 bridgehead atoms. The lowest BCUT2D eigenvalue weighted by atomic mass is 10.1. The molecule has 0 saturated carbocycles. The molecular weight excluding hydrogens is 366 g/mol. The van der Waals surface area contributed by atoms with Crippen LogP contribution in [0.1, 0.15) is 19.4 Å². The Kier molecular flexibility index (Phi) is 6.02. The number of carbonyl (C=O) groups excluding carboxylic acids is 2. The van der Waals surface area contributed by atoms with Crippen LogP contribution in [0.3, 0.4) is 0 Å². The summed E-state index contributed by atoms with van der Waals surface area (Å²) in [5.41, 5.74) is 3.01. The normalized spacial score (nSPS) is 10.6. The largest absolute Gasteiger partial charge is 0.507 e. The Bertz CT molecular complexity index is 1060. The number of amides is 2. The van der Waals surface area contributed by atoms with E-state index in [1.807, 2.05) is 25.1 Å². The molecule has 6 nitrogen and oxygen atoms in total. The number of hydrogen-bond acceptors (Lipinski definition) is 4. The van der Waals surface area contributed by atoms with Crippen LogP contribution in [0.15, 0.2) is 54.6 Å². The highest BCUT2D eigenvalue weighted by molar-refractivity contribution is 6.44. The number of anilines is 3. The van der Waals surface area contributed by atoms with Crippen molar-refractivity contribution in [3.05, 3.63) is 60.2 Å². The van der Waals surface area contributed by atoms with Gasteiger partial charge in [-0.15, -0.1) is 0 Å². The Morgan fingerprint density at radius 1 is 0.862 bits per heavy atom. The van der Waals surface area contributed by atoms with E-state index in [0.29, 0.717) is 22.1 Å². The molecule has 3 rings (SSSR count). The molecule has 3 aromatic rings. The summed E-state index contributed by atoms with van der Waals surface area (Å²) in [6.07, 6.45) is 0. The third-order valence-corrected chi connectivity index (χ3v) is 4.94. The smallest absolute Gasteiger partial charge is 0.314 e. The molecule has 150 valence electrons. The molecule has 0 fully saturated rings. The number of nitrogens with one attached hydrogen (secondary N) is 2. The topological polar surface area (TPSA) is 81.7 Å². The van der Waals surface area contributed by atoms with Crippen molar-refractivity contribution in [3.63, 3.8) is 0 Å². The Morgan fingerprint density at radius 3 is 2.14 bits per heavy atom. The van der Waals surface area contributed by atoms with Crippen molar-refractivity contribution in [2.45, 2.75) is 20.8 Å². The lowest BCUT2D eigenvalue weighted by Crippen LogP contribution is -2.29. The zero-order valence-electron chi connectivity index (χ0n) is 16.8. The van der Waals surface area contributed by atoms with E-state index in [1.165, 1.54) is 0 Å². The van der Waals surface area contributed by atoms with Crippen LogP contribution in [-0.2, 0) is 9.59 Å². The summed E-state index contributed by atoms with van der Waals surface area (Å²) in [6, 6.07) is 15.9. The Morgan fingerprint density at radius 2 is 1.48 bits per heavy atom. The number of fused-ring (bicyclic) bond motifs is 1. The molecule has 0 unspecified atom stereocenters. The van der Waals surface area contributed by atoms with Gasteiger partial charge in [0, 0.05) is 40.9 Å². The van der Waals surface area contributed by atoms with Gasteiger partial charge in [-0.25, -0.2) is 0 Å². The van der Waals surface area contributed by atoms with Gasteiger partial charge >= 0.3 is 11.8 Å². The van der Waals surface area contributed by atoms with E-state index in [-0.39, 0.29) is 5.75 Å². The second kappa shape index (κ2) is 8.65. The molecule has 0 heterocycles. The summed E-state index contributed by atoms with van der Waals surface area (Å²) in [6.45, 7) is 7.86. The summed E-state index contributed by atoms with van der Waals surface area (Å²) in [4.78, 5) is 27.1. The summed E-state index contributed by atoms with van der Waals surface area (Å²) in [5.74, 6) is -1.40. The Hall–Kier alpha value is -3.54. The van der Waals surface area contributed by atoms with Crippen molar-refractivity contribution in [2.75, 3.05) is 28.6 Å². The number of aromatic hydroxyl groups is 1. The number of carbonyl (C=O) groups is 2. The lowest BCUT2D eigenvalue weighted by Gasteiger charge is -2.22. The van der Waals surface area contributed by atoms with Crippen molar-refractivity contribution >= 4 is 39.6 Å². The molecule has 2 amide bonds. The van der Waals surface area contributed by atoms with Gasteiger partial charge in [-0.2, -0.15) is 0 Å². The molecule has 0 saturated heterocycles. The van der Waals surface area contributed by atoms with Crippen LogP contribution in [0.25, 0.3) is 10.8 Å². The van der Waals surface area contributed by atoms with Gasteiger partial charge in [0.25, 0.3) is 0 Å². The van der Waals surface area contributed by atoms with Crippen molar-refractivity contribution in [1.29, 1.82) is 0 Å². The molecular formula is C23H25N3O3. The zero-order chi connectivity index (χ0) is 21.0. The fourth-order valence-electron chi connectivity index (χ4n) is 3.33. The predicted octanol–water partition coefficient (Wildman–Crippen LogP) is 4.28. The molecule has 0 aromatic heterocycles. The number of hydrogen-bond donors (Lipinski definition) is 3. The van der Waals surface area contributed by atoms with Crippen molar-refractivity contribution in [1.82, 2.24) is 0 Å². The second-order valence-corrected chi connectivity index (χ2v) is 6.76. The molecule has 0 radical (unpaired) electrons. The van der Waals surface area contributed by atoms with Crippen molar-refractivity contribution < 1.29 is 14.7 Å². The number of benzene rings is 3. The highest BCUT2D eigenvalue weighted by atomic mass is 16.3. The van der Waals surface area contributed by atoms with Crippen LogP contribution < -0.4 is 15.5 Å². The minimum absolute atomic E-state index is 0.118. The molecule has 0 aliphatic rings. The highest BCUT2D eigenvalue weighted by Crippen LogP contribution is 2.30. The molecule has 0 atom stereocenters. The van der Waals surface area contributed by atoms with Crippen LogP contribution in [0.5, 0.6) is 5.75 Å². The molecule has 0 aliphatic carbocycles. The van der Waals surface area contributed by atoms with E-state index < -0.39 is 11.8 Å². The van der Waals surface area contributed by atoms with E-state index in [2.05, 4.69) is 29.4 Å². The molecule has 29 heavy (non-hydrogen) atoms. The molecule has 3 aromatic carbocycles. The van der Waals surface area contributed by atoms with Gasteiger partial charge in [0.15, 0.2) is 0 Å². The highest BCUT2D eigenvalue weighted by Gasteiger charge is 2.17. The number of phenolic OH excluding ortho intramolecular Hbond substituents is 1. The van der Waals surface area contributed by atoms with Crippen molar-refractivity contribution in [3.8, 4) is 5.75 Å². The number of nitrogens with zero attached hydrogens (tertiary/aromatic N) is 1. The summed E-state index contributed by atoms with van der Waals surface area (Å²) in [7, 11) is 0. The van der Waals surface area contributed by atoms with Crippen molar-refractivity contribution in [2.24, 2.45) is 0 Å². The quantitative estimate of drug-likeness (QED) is 0.567. The van der Waals surface area contributed by atoms with Gasteiger partial charge in [0.05, 0.1) is 0 Å². The number of phenols is 1. The van der Waals surface area contributed by atoms with E-state index in [0.717, 1.165) is 24.3 Å². The van der Waals surface area contributed by atoms with E-state index in [4.69, 9.17) is 0 Å². The molecule has 6 heteroatoms. The summed E-state index contributed by atoms with van der Waals surface area (Å²) < 4.78 is 0. The maximum atomic E-state index is 12.4. The van der Waals surface area contributed by atoms with Gasteiger partial charge in [-0.1, -0.05) is 24.3 Å². The van der Waals surface area contributed by atoms with Crippen LogP contribution in [-0.4, -0.2) is 30.0 Å². The van der Waals surface area contributed by atoms with E-state index >= 15 is 0 Å². The third kappa shape index (κ3) is 4.32. The maximum absolute atomic E-state index is 12.4. The first kappa shape index (κ1) is 20.2. The fraction of sp³-hybridized carbons (Fsp3) is 0.217. The van der Waals surface area contributed by atoms with Crippen LogP contribution in [0.4, 0.5) is 17.1 Å². The van der Waals surface area contributed by atoms with Crippen LogP contribution in [0, 0.1) is 6.92 Å². The lowest BCUT2D eigenvalue weighted by molar-refractivity contribution is -0.132. The van der Waals surface area contributed by atoms with Crippen LogP contribution >= 0.6 is 0 Å². The minimum atomic E-state index is -0.770. The monoisotopic (exact) mass is 391 g/mol. The molecule has 0 spiro atoms. The second-order valence-electron chi connectivity index (χ2n) is 6.76. The summed E-state index contributed by atoms with van der Waals surface area (Å²) >= 11 is 0. The first-order valence-corrected chi connectivity index (χ1v) is 9.63. The van der Waals surface area contributed by atoms with Gasteiger partial charge in [0.2, 0.25) is 0 Å². The Labute approximate surface area is 170 Å². The standard InChI is InChI=1S/C23H25N3O3/c1-4-26(5-2)16-12-13-19(15(3)14-16)24-22(28)23(29)25-20-10-6-9-18-17(20)8-7-11-21(18)27/h6-14,27H,4-5H2,1-3H3,(H,24,28)(H,25,29). The Balaban J connectivity index is 1.75. The molecule has 0 aliphatic heterocycles. The molecule has 3 N–H and O–H groups in total. The van der Waals surface area contributed by atoms with Gasteiger partial charge in [-0.05, 0) is 56.7 Å². The number of aryl methyl sites for hydroxylation is 1. The maximum Gasteiger partial charge on any atom is 0.314 e. The summed E-state index contributed by atoms with van der Waals surface area (Å²) in [5, 5.41) is 16.5. The first-order valence-electron chi connectivity index (χ1n) is 9.63. The average Bonchev–Trinajstić information content (AvgIpc) is 2.71. The van der Waals surface area contributed by atoms with E-state index in [9.17, 15) is 14.7 Å².